The van der Waals surface area contributed by atoms with Crippen LogP contribution in [0.5, 0.6) is 0 Å². The minimum absolute atomic E-state index is 0.0167. The number of methoxy groups -OCH3 is 1. The summed E-state index contributed by atoms with van der Waals surface area (Å²) in [4.78, 5) is 31.2. The molecule has 7 nitrogen and oxygen atoms in total. The molecule has 2 aliphatic rings. The number of hydrogen-bond donors (Lipinski definition) is 0. The summed E-state index contributed by atoms with van der Waals surface area (Å²) >= 11 is 0. The van der Waals surface area contributed by atoms with Crippen LogP contribution in [0.15, 0.2) is 5.16 Å². The van der Waals surface area contributed by atoms with Gasteiger partial charge in [0.1, 0.15) is 11.7 Å². The zero-order valence-corrected chi connectivity index (χ0v) is 14.2. The summed E-state index contributed by atoms with van der Waals surface area (Å²) in [6, 6.07) is 0. The van der Waals surface area contributed by atoms with Gasteiger partial charge in [-0.2, -0.15) is 0 Å². The number of carbonyl (C=O) groups is 2. The Kier molecular flexibility index (Phi) is 5.98. The van der Waals surface area contributed by atoms with E-state index in [2.05, 4.69) is 16.8 Å². The van der Waals surface area contributed by atoms with Gasteiger partial charge in [-0.05, 0) is 13.3 Å². The van der Waals surface area contributed by atoms with E-state index in [1.165, 1.54) is 7.11 Å². The van der Waals surface area contributed by atoms with Crippen LogP contribution in [0, 0.1) is 0 Å². The Balaban J connectivity index is 1.80. The lowest BCUT2D eigenvalue weighted by Crippen LogP contribution is -2.49. The second kappa shape index (κ2) is 7.77. The van der Waals surface area contributed by atoms with Crippen LogP contribution in [0.25, 0.3) is 0 Å². The zero-order chi connectivity index (χ0) is 16.9. The fourth-order valence-corrected chi connectivity index (χ4v) is 2.88. The molecule has 0 radical (unpaired) electrons. The SMILES string of the molecule is CCCCO[C@@H](C)C(=O)N1CCC2(CC1)CC(C(=O)OC)=NO2. The average Bonchev–Trinajstić information content (AvgIpc) is 2.98. The average molecular weight is 326 g/mol. The first-order valence-corrected chi connectivity index (χ1v) is 8.25. The van der Waals surface area contributed by atoms with Crippen LogP contribution >= 0.6 is 0 Å². The summed E-state index contributed by atoms with van der Waals surface area (Å²) in [5.74, 6) is -0.429. The van der Waals surface area contributed by atoms with E-state index in [9.17, 15) is 9.59 Å². The summed E-state index contributed by atoms with van der Waals surface area (Å²) in [5, 5.41) is 3.85. The molecule has 1 atom stereocenters. The molecule has 0 aromatic heterocycles. The molecule has 1 spiro atoms. The molecule has 1 saturated heterocycles. The molecule has 7 heteroatoms. The van der Waals surface area contributed by atoms with Crippen LogP contribution in [0.3, 0.4) is 0 Å². The molecular formula is C16H26N2O5. The Morgan fingerprint density at radius 1 is 1.39 bits per heavy atom. The number of ether oxygens (including phenoxy) is 2. The third kappa shape index (κ3) is 4.22. The highest BCUT2D eigenvalue weighted by Crippen LogP contribution is 2.35. The van der Waals surface area contributed by atoms with Crippen molar-refractivity contribution < 1.29 is 23.9 Å². The Hall–Kier alpha value is -1.63. The monoisotopic (exact) mass is 326 g/mol. The summed E-state index contributed by atoms with van der Waals surface area (Å²) in [5.41, 5.74) is -0.143. The maximum atomic E-state index is 12.4. The molecule has 2 heterocycles. The van der Waals surface area contributed by atoms with Crippen LogP contribution in [0.1, 0.15) is 46.0 Å². The molecule has 0 bridgehead atoms. The number of nitrogens with zero attached hydrogens (tertiary/aromatic N) is 2. The first-order valence-electron chi connectivity index (χ1n) is 8.25. The van der Waals surface area contributed by atoms with Gasteiger partial charge in [-0.1, -0.05) is 18.5 Å². The van der Waals surface area contributed by atoms with Crippen molar-refractivity contribution in [3.63, 3.8) is 0 Å². The Morgan fingerprint density at radius 2 is 2.09 bits per heavy atom. The number of oxime groups is 1. The number of piperidine rings is 1. The summed E-state index contributed by atoms with van der Waals surface area (Å²) in [6.07, 6.45) is 3.36. The van der Waals surface area contributed by atoms with Crippen molar-refractivity contribution in [1.29, 1.82) is 0 Å². The van der Waals surface area contributed by atoms with Gasteiger partial charge in [-0.3, -0.25) is 4.79 Å². The number of carbonyl (C=O) groups excluding carboxylic acids is 2. The van der Waals surface area contributed by atoms with E-state index in [0.717, 1.165) is 12.8 Å². The van der Waals surface area contributed by atoms with Gasteiger partial charge in [0.15, 0.2) is 5.71 Å². The largest absolute Gasteiger partial charge is 0.464 e. The third-order valence-corrected chi connectivity index (χ3v) is 4.46. The minimum Gasteiger partial charge on any atom is -0.464 e. The number of likely N-dealkylation sites (tertiary alicyclic amines) is 1. The molecule has 0 aromatic rings. The van der Waals surface area contributed by atoms with Crippen molar-refractivity contribution in [2.45, 2.75) is 57.7 Å². The molecular weight excluding hydrogens is 300 g/mol. The van der Waals surface area contributed by atoms with E-state index in [4.69, 9.17) is 9.57 Å². The van der Waals surface area contributed by atoms with Crippen molar-refractivity contribution in [2.75, 3.05) is 26.8 Å². The lowest BCUT2D eigenvalue weighted by atomic mass is 9.86. The maximum absolute atomic E-state index is 12.4. The van der Waals surface area contributed by atoms with Gasteiger partial charge in [0, 0.05) is 39.0 Å². The Labute approximate surface area is 136 Å². The minimum atomic E-state index is -0.466. The lowest BCUT2D eigenvalue weighted by Gasteiger charge is -2.38. The summed E-state index contributed by atoms with van der Waals surface area (Å²) in [6.45, 7) is 5.67. The highest BCUT2D eigenvalue weighted by molar-refractivity contribution is 6.36. The predicted molar refractivity (Wildman–Crippen MR) is 84.0 cm³/mol. The topological polar surface area (TPSA) is 77.4 Å². The first-order chi connectivity index (χ1) is 11.0. The van der Waals surface area contributed by atoms with Gasteiger partial charge >= 0.3 is 5.97 Å². The van der Waals surface area contributed by atoms with Crippen LogP contribution in [0.4, 0.5) is 0 Å². The van der Waals surface area contributed by atoms with E-state index in [1.54, 1.807) is 11.8 Å². The van der Waals surface area contributed by atoms with Crippen LogP contribution in [-0.4, -0.2) is 61.0 Å². The number of rotatable bonds is 6. The highest BCUT2D eigenvalue weighted by atomic mass is 16.7. The summed E-state index contributed by atoms with van der Waals surface area (Å²) < 4.78 is 10.2. The number of amides is 1. The van der Waals surface area contributed by atoms with Crippen molar-refractivity contribution in [2.24, 2.45) is 5.16 Å². The molecule has 0 unspecified atom stereocenters. The molecule has 130 valence electrons. The quantitative estimate of drug-likeness (QED) is 0.546. The van der Waals surface area contributed by atoms with Gasteiger partial charge in [-0.25, -0.2) is 4.79 Å². The second-order valence-electron chi connectivity index (χ2n) is 6.17. The van der Waals surface area contributed by atoms with Crippen LogP contribution in [-0.2, 0) is 23.9 Å². The fraction of sp³-hybridized carbons (Fsp3) is 0.812. The van der Waals surface area contributed by atoms with Gasteiger partial charge < -0.3 is 19.2 Å². The molecule has 2 aliphatic heterocycles. The molecule has 0 saturated carbocycles. The van der Waals surface area contributed by atoms with Crippen LogP contribution < -0.4 is 0 Å². The van der Waals surface area contributed by atoms with Crippen molar-refractivity contribution >= 4 is 17.6 Å². The van der Waals surface area contributed by atoms with Gasteiger partial charge in [0.05, 0.1) is 7.11 Å². The van der Waals surface area contributed by atoms with E-state index in [0.29, 0.717) is 44.7 Å². The molecule has 23 heavy (non-hydrogen) atoms. The number of hydrogen-bond acceptors (Lipinski definition) is 6. The van der Waals surface area contributed by atoms with Crippen molar-refractivity contribution in [3.8, 4) is 0 Å². The first kappa shape index (κ1) is 17.7. The Bertz CT molecular complexity index is 469. The zero-order valence-electron chi connectivity index (χ0n) is 14.2. The molecule has 0 aliphatic carbocycles. The van der Waals surface area contributed by atoms with Gasteiger partial charge in [0.2, 0.25) is 0 Å². The third-order valence-electron chi connectivity index (χ3n) is 4.46. The summed E-state index contributed by atoms with van der Waals surface area (Å²) in [7, 11) is 1.33. The normalized spacial score (nSPS) is 20.8. The molecule has 1 amide bonds. The smallest absolute Gasteiger partial charge is 0.355 e. The van der Waals surface area contributed by atoms with Gasteiger partial charge in [0.25, 0.3) is 5.91 Å². The maximum Gasteiger partial charge on any atom is 0.355 e. The molecule has 1 fully saturated rings. The van der Waals surface area contributed by atoms with E-state index in [-0.39, 0.29) is 5.91 Å². The molecule has 0 N–H and O–H groups in total. The molecule has 2 rings (SSSR count). The number of esters is 1. The predicted octanol–water partition coefficient (Wildman–Crippen LogP) is 1.50. The van der Waals surface area contributed by atoms with Crippen LogP contribution in [0.2, 0.25) is 0 Å². The van der Waals surface area contributed by atoms with E-state index in [1.807, 2.05) is 0 Å². The lowest BCUT2D eigenvalue weighted by molar-refractivity contribution is -0.148. The standard InChI is InChI=1S/C16H26N2O5/c1-4-5-10-22-12(2)14(19)18-8-6-16(7-9-18)11-13(17-23-16)15(20)21-3/h12H,4-11H2,1-3H3/t12-/m0/s1. The van der Waals surface area contributed by atoms with Crippen molar-refractivity contribution in [3.05, 3.63) is 0 Å². The second-order valence-corrected chi connectivity index (χ2v) is 6.17. The number of unbranched alkanes of at least 4 members (excludes halogenated alkanes) is 1. The van der Waals surface area contributed by atoms with E-state index < -0.39 is 17.7 Å². The fourth-order valence-electron chi connectivity index (χ4n) is 2.88. The van der Waals surface area contributed by atoms with Crippen molar-refractivity contribution in [1.82, 2.24) is 4.90 Å². The highest BCUT2D eigenvalue weighted by Gasteiger charge is 2.45. The van der Waals surface area contributed by atoms with E-state index >= 15 is 0 Å². The molecule has 0 aromatic carbocycles. The Morgan fingerprint density at radius 3 is 2.70 bits per heavy atom. The van der Waals surface area contributed by atoms with Gasteiger partial charge in [-0.15, -0.1) is 0 Å².